The Morgan fingerprint density at radius 3 is 1.71 bits per heavy atom. The molecule has 1 aromatic rings. The minimum atomic E-state index is -0.114. The van der Waals surface area contributed by atoms with Crippen molar-refractivity contribution in [3.05, 3.63) is 17.7 Å². The monoisotopic (exact) mass is 240 g/mol. The van der Waals surface area contributed by atoms with Crippen molar-refractivity contribution in [2.75, 3.05) is 19.8 Å². The van der Waals surface area contributed by atoms with Gasteiger partial charge in [0.25, 0.3) is 0 Å². The second-order valence-corrected chi connectivity index (χ2v) is 3.36. The van der Waals surface area contributed by atoms with Crippen LogP contribution in [0.5, 0.6) is 17.2 Å². The van der Waals surface area contributed by atoms with Crippen LogP contribution in [0.15, 0.2) is 12.1 Å². The highest BCUT2D eigenvalue weighted by Gasteiger charge is 2.13. The molecular formula is C13H20O4. The molecule has 0 spiro atoms. The highest BCUT2D eigenvalue weighted by Crippen LogP contribution is 2.34. The SMILES string of the molecule is CCOc1cc(OCC)c(CO)c(OCC)c1. The summed E-state index contributed by atoms with van der Waals surface area (Å²) in [5.41, 5.74) is 0.664. The molecule has 4 heteroatoms. The normalized spacial score (nSPS) is 10.1. The first-order valence-electron chi connectivity index (χ1n) is 5.92. The predicted octanol–water partition coefficient (Wildman–Crippen LogP) is 2.38. The smallest absolute Gasteiger partial charge is 0.132 e. The van der Waals surface area contributed by atoms with Crippen molar-refractivity contribution in [3.8, 4) is 17.2 Å². The van der Waals surface area contributed by atoms with Gasteiger partial charge in [0.2, 0.25) is 0 Å². The van der Waals surface area contributed by atoms with E-state index in [1.54, 1.807) is 12.1 Å². The van der Waals surface area contributed by atoms with E-state index in [0.717, 1.165) is 0 Å². The van der Waals surface area contributed by atoms with Crippen molar-refractivity contribution in [2.24, 2.45) is 0 Å². The summed E-state index contributed by atoms with van der Waals surface area (Å²) in [6, 6.07) is 3.56. The Morgan fingerprint density at radius 2 is 1.35 bits per heavy atom. The third kappa shape index (κ3) is 3.53. The molecule has 0 atom stereocenters. The summed E-state index contributed by atoms with van der Waals surface area (Å²) >= 11 is 0. The highest BCUT2D eigenvalue weighted by atomic mass is 16.5. The molecule has 17 heavy (non-hydrogen) atoms. The quantitative estimate of drug-likeness (QED) is 0.795. The predicted molar refractivity (Wildman–Crippen MR) is 65.9 cm³/mol. The van der Waals surface area contributed by atoms with E-state index in [1.807, 2.05) is 20.8 Å². The molecule has 0 bridgehead atoms. The van der Waals surface area contributed by atoms with Crippen LogP contribution in [0.25, 0.3) is 0 Å². The maximum Gasteiger partial charge on any atom is 0.132 e. The Balaban J connectivity index is 3.14. The van der Waals surface area contributed by atoms with E-state index in [0.29, 0.717) is 42.6 Å². The lowest BCUT2D eigenvalue weighted by Gasteiger charge is -2.15. The second kappa shape index (κ2) is 7.01. The average molecular weight is 240 g/mol. The number of hydrogen-bond acceptors (Lipinski definition) is 4. The zero-order chi connectivity index (χ0) is 12.7. The summed E-state index contributed by atoms with van der Waals surface area (Å²) in [6.07, 6.45) is 0. The van der Waals surface area contributed by atoms with Crippen LogP contribution < -0.4 is 14.2 Å². The van der Waals surface area contributed by atoms with E-state index in [-0.39, 0.29) is 6.61 Å². The molecule has 0 amide bonds. The van der Waals surface area contributed by atoms with Gasteiger partial charge in [0, 0.05) is 12.1 Å². The largest absolute Gasteiger partial charge is 0.494 e. The third-order valence-electron chi connectivity index (χ3n) is 2.21. The van der Waals surface area contributed by atoms with Gasteiger partial charge >= 0.3 is 0 Å². The molecule has 1 N–H and O–H groups in total. The van der Waals surface area contributed by atoms with Crippen LogP contribution in [0.3, 0.4) is 0 Å². The van der Waals surface area contributed by atoms with Gasteiger partial charge in [-0.25, -0.2) is 0 Å². The van der Waals surface area contributed by atoms with Crippen molar-refractivity contribution < 1.29 is 19.3 Å². The standard InChI is InChI=1S/C13H20O4/c1-4-15-10-7-12(16-5-2)11(9-14)13(8-10)17-6-3/h7-8,14H,4-6,9H2,1-3H3. The maximum absolute atomic E-state index is 9.37. The molecule has 0 aliphatic heterocycles. The Hall–Kier alpha value is -1.42. The van der Waals surface area contributed by atoms with Gasteiger partial charge in [-0.3, -0.25) is 0 Å². The molecule has 1 aromatic carbocycles. The number of hydrogen-bond donors (Lipinski definition) is 1. The zero-order valence-corrected chi connectivity index (χ0v) is 10.7. The minimum Gasteiger partial charge on any atom is -0.494 e. The fourth-order valence-electron chi connectivity index (χ4n) is 1.57. The van der Waals surface area contributed by atoms with Gasteiger partial charge < -0.3 is 19.3 Å². The van der Waals surface area contributed by atoms with Crippen LogP contribution in [0.1, 0.15) is 26.3 Å². The number of aliphatic hydroxyl groups excluding tert-OH is 1. The third-order valence-corrected chi connectivity index (χ3v) is 2.21. The molecule has 0 unspecified atom stereocenters. The topological polar surface area (TPSA) is 47.9 Å². The average Bonchev–Trinajstić information content (AvgIpc) is 2.30. The summed E-state index contributed by atoms with van der Waals surface area (Å²) in [6.45, 7) is 7.25. The molecule has 0 fully saturated rings. The molecule has 1 rings (SSSR count). The lowest BCUT2D eigenvalue weighted by molar-refractivity contribution is 0.250. The molecule has 96 valence electrons. The van der Waals surface area contributed by atoms with Crippen molar-refractivity contribution in [2.45, 2.75) is 27.4 Å². The molecule has 0 saturated heterocycles. The Labute approximate surface area is 102 Å². The van der Waals surface area contributed by atoms with Crippen molar-refractivity contribution in [1.82, 2.24) is 0 Å². The first-order valence-corrected chi connectivity index (χ1v) is 5.92. The Morgan fingerprint density at radius 1 is 0.882 bits per heavy atom. The van der Waals surface area contributed by atoms with Crippen molar-refractivity contribution in [1.29, 1.82) is 0 Å². The van der Waals surface area contributed by atoms with Crippen LogP contribution in [-0.2, 0) is 6.61 Å². The van der Waals surface area contributed by atoms with Gasteiger partial charge in [0.1, 0.15) is 17.2 Å². The first-order chi connectivity index (χ1) is 8.26. The molecule has 0 aromatic heterocycles. The molecule has 0 aliphatic rings. The lowest BCUT2D eigenvalue weighted by atomic mass is 10.1. The van der Waals surface area contributed by atoms with E-state index in [1.165, 1.54) is 0 Å². The zero-order valence-electron chi connectivity index (χ0n) is 10.7. The summed E-state index contributed by atoms with van der Waals surface area (Å²) < 4.78 is 16.4. The van der Waals surface area contributed by atoms with E-state index in [9.17, 15) is 5.11 Å². The van der Waals surface area contributed by atoms with Gasteiger partial charge in [-0.05, 0) is 20.8 Å². The summed E-state index contributed by atoms with van der Waals surface area (Å²) in [4.78, 5) is 0. The van der Waals surface area contributed by atoms with Gasteiger partial charge in [-0.15, -0.1) is 0 Å². The van der Waals surface area contributed by atoms with E-state index in [4.69, 9.17) is 14.2 Å². The van der Waals surface area contributed by atoms with Gasteiger partial charge in [-0.2, -0.15) is 0 Å². The van der Waals surface area contributed by atoms with Crippen LogP contribution in [-0.4, -0.2) is 24.9 Å². The fraction of sp³-hybridized carbons (Fsp3) is 0.538. The van der Waals surface area contributed by atoms with Crippen LogP contribution in [0, 0.1) is 0 Å². The Bertz CT molecular complexity index is 322. The van der Waals surface area contributed by atoms with Gasteiger partial charge in [-0.1, -0.05) is 0 Å². The Kier molecular flexibility index (Phi) is 5.63. The van der Waals surface area contributed by atoms with E-state index in [2.05, 4.69) is 0 Å². The second-order valence-electron chi connectivity index (χ2n) is 3.36. The number of aliphatic hydroxyl groups is 1. The number of rotatable bonds is 7. The summed E-state index contributed by atoms with van der Waals surface area (Å²) in [7, 11) is 0. The van der Waals surface area contributed by atoms with Crippen LogP contribution in [0.4, 0.5) is 0 Å². The number of benzene rings is 1. The maximum atomic E-state index is 9.37. The molecule has 0 radical (unpaired) electrons. The summed E-state index contributed by atoms with van der Waals surface area (Å²) in [5, 5.41) is 9.37. The first kappa shape index (κ1) is 13.6. The van der Waals surface area contributed by atoms with Crippen LogP contribution in [0.2, 0.25) is 0 Å². The molecular weight excluding hydrogens is 220 g/mol. The number of ether oxygens (including phenoxy) is 3. The highest BCUT2D eigenvalue weighted by molar-refractivity contribution is 5.50. The molecule has 0 saturated carbocycles. The van der Waals surface area contributed by atoms with Crippen LogP contribution >= 0.6 is 0 Å². The van der Waals surface area contributed by atoms with Gasteiger partial charge in [0.05, 0.1) is 32.0 Å². The molecule has 0 heterocycles. The van der Waals surface area contributed by atoms with Crippen molar-refractivity contribution >= 4 is 0 Å². The fourth-order valence-corrected chi connectivity index (χ4v) is 1.57. The van der Waals surface area contributed by atoms with E-state index >= 15 is 0 Å². The molecule has 4 nitrogen and oxygen atoms in total. The van der Waals surface area contributed by atoms with Crippen molar-refractivity contribution in [3.63, 3.8) is 0 Å². The summed E-state index contributed by atoms with van der Waals surface area (Å²) in [5.74, 6) is 1.92. The van der Waals surface area contributed by atoms with E-state index < -0.39 is 0 Å². The van der Waals surface area contributed by atoms with Gasteiger partial charge in [0.15, 0.2) is 0 Å². The lowest BCUT2D eigenvalue weighted by Crippen LogP contribution is -2.03. The minimum absolute atomic E-state index is 0.114. The molecule has 0 aliphatic carbocycles.